The number of nitrogens with zero attached hydrogens (tertiary/aromatic N) is 2. The smallest absolute Gasteiger partial charge is 0.152 e. The van der Waals surface area contributed by atoms with E-state index in [0.29, 0.717) is 12.1 Å². The minimum atomic E-state index is 0.558. The van der Waals surface area contributed by atoms with E-state index in [1.165, 1.54) is 19.3 Å². The van der Waals surface area contributed by atoms with Gasteiger partial charge in [-0.1, -0.05) is 6.92 Å². The number of anilines is 2. The molecule has 2 unspecified atom stereocenters. The Morgan fingerprint density at radius 1 is 1.50 bits per heavy atom. The summed E-state index contributed by atoms with van der Waals surface area (Å²) in [6.07, 6.45) is 5.57. The summed E-state index contributed by atoms with van der Waals surface area (Å²) in [7, 11) is 0. The number of aryl methyl sites for hydroxylation is 1. The molecule has 1 aliphatic rings. The summed E-state index contributed by atoms with van der Waals surface area (Å²) in [5.41, 5.74) is 8.01. The first kappa shape index (κ1) is 11.2. The Morgan fingerprint density at radius 2 is 2.25 bits per heavy atom. The second-order valence-corrected chi connectivity index (χ2v) is 4.82. The van der Waals surface area contributed by atoms with Gasteiger partial charge in [0.2, 0.25) is 0 Å². The second kappa shape index (κ2) is 4.32. The van der Waals surface area contributed by atoms with Gasteiger partial charge >= 0.3 is 0 Å². The molecule has 1 fully saturated rings. The van der Waals surface area contributed by atoms with E-state index in [4.69, 9.17) is 5.73 Å². The van der Waals surface area contributed by atoms with E-state index in [-0.39, 0.29) is 0 Å². The number of nitrogens with two attached hydrogens (primary N) is 1. The van der Waals surface area contributed by atoms with E-state index < -0.39 is 0 Å². The van der Waals surface area contributed by atoms with Crippen LogP contribution in [0.4, 0.5) is 11.5 Å². The van der Waals surface area contributed by atoms with Gasteiger partial charge in [0.05, 0.1) is 5.69 Å². The van der Waals surface area contributed by atoms with Crippen molar-refractivity contribution in [3.05, 3.63) is 17.8 Å². The van der Waals surface area contributed by atoms with Gasteiger partial charge in [0.25, 0.3) is 0 Å². The lowest BCUT2D eigenvalue weighted by molar-refractivity contribution is 0.622. The number of pyridine rings is 1. The van der Waals surface area contributed by atoms with Crippen LogP contribution < -0.4 is 10.6 Å². The molecule has 0 radical (unpaired) electrons. The summed E-state index contributed by atoms with van der Waals surface area (Å²) in [5.74, 6) is 0.974. The molecule has 0 amide bonds. The second-order valence-electron chi connectivity index (χ2n) is 4.82. The number of nitrogen functional groups attached to an aromatic ring is 1. The van der Waals surface area contributed by atoms with Gasteiger partial charge in [-0.25, -0.2) is 4.98 Å². The maximum atomic E-state index is 6.08. The summed E-state index contributed by atoms with van der Waals surface area (Å²) in [4.78, 5) is 6.91. The van der Waals surface area contributed by atoms with Crippen LogP contribution in [0.25, 0.3) is 0 Å². The van der Waals surface area contributed by atoms with Crippen LogP contribution in [0.15, 0.2) is 12.3 Å². The third-order valence-electron chi connectivity index (χ3n) is 3.53. The lowest BCUT2D eigenvalue weighted by atomic mass is 10.1. The van der Waals surface area contributed by atoms with Crippen molar-refractivity contribution in [2.75, 3.05) is 10.6 Å². The van der Waals surface area contributed by atoms with Crippen LogP contribution in [0.3, 0.4) is 0 Å². The first-order chi connectivity index (χ1) is 7.63. The van der Waals surface area contributed by atoms with Gasteiger partial charge in [0, 0.05) is 18.3 Å². The summed E-state index contributed by atoms with van der Waals surface area (Å²) >= 11 is 0. The van der Waals surface area contributed by atoms with Gasteiger partial charge < -0.3 is 10.6 Å². The predicted octanol–water partition coefficient (Wildman–Crippen LogP) is 2.74. The molecule has 1 aromatic rings. The third kappa shape index (κ3) is 1.86. The average Bonchev–Trinajstić information content (AvgIpc) is 2.60. The summed E-state index contributed by atoms with van der Waals surface area (Å²) in [5, 5.41) is 0. The molecule has 2 atom stereocenters. The van der Waals surface area contributed by atoms with Gasteiger partial charge in [-0.3, -0.25) is 0 Å². The fourth-order valence-corrected chi connectivity index (χ4v) is 2.65. The number of hydrogen-bond acceptors (Lipinski definition) is 3. The molecule has 2 rings (SSSR count). The molecule has 16 heavy (non-hydrogen) atoms. The average molecular weight is 219 g/mol. The van der Waals surface area contributed by atoms with Crippen molar-refractivity contribution < 1.29 is 0 Å². The Bertz CT molecular complexity index is 375. The molecule has 3 nitrogen and oxygen atoms in total. The number of hydrogen-bond donors (Lipinski definition) is 1. The van der Waals surface area contributed by atoms with Crippen LogP contribution in [0.1, 0.15) is 38.7 Å². The zero-order valence-electron chi connectivity index (χ0n) is 10.4. The molecule has 3 heteroatoms. The third-order valence-corrected chi connectivity index (χ3v) is 3.53. The fourth-order valence-electron chi connectivity index (χ4n) is 2.65. The Kier molecular flexibility index (Phi) is 3.03. The van der Waals surface area contributed by atoms with Crippen LogP contribution in [0.5, 0.6) is 0 Å². The van der Waals surface area contributed by atoms with E-state index in [2.05, 4.69) is 23.7 Å². The summed E-state index contributed by atoms with van der Waals surface area (Å²) in [6.45, 7) is 6.52. The molecule has 0 aliphatic carbocycles. The van der Waals surface area contributed by atoms with Crippen LogP contribution in [0.2, 0.25) is 0 Å². The standard InChI is InChI=1S/C13H21N3/c1-4-11-6-5-10(3)16(11)13-12(14)7-9(2)8-15-13/h7-8,10-11H,4-6,14H2,1-3H3. The van der Waals surface area contributed by atoms with Crippen LogP contribution in [0, 0.1) is 6.92 Å². The van der Waals surface area contributed by atoms with Crippen LogP contribution >= 0.6 is 0 Å². The molecule has 1 aromatic heterocycles. The maximum absolute atomic E-state index is 6.08. The number of aromatic nitrogens is 1. The molecule has 88 valence electrons. The molecule has 0 saturated carbocycles. The van der Waals surface area contributed by atoms with Gasteiger partial charge in [0.1, 0.15) is 0 Å². The first-order valence-corrected chi connectivity index (χ1v) is 6.14. The molecule has 1 aliphatic heterocycles. The first-order valence-electron chi connectivity index (χ1n) is 6.14. The Labute approximate surface area is 97.7 Å². The highest BCUT2D eigenvalue weighted by Crippen LogP contribution is 2.33. The molecule has 0 bridgehead atoms. The maximum Gasteiger partial charge on any atom is 0.152 e. The lowest BCUT2D eigenvalue weighted by Gasteiger charge is -2.30. The normalized spacial score (nSPS) is 25.1. The van der Waals surface area contributed by atoms with Gasteiger partial charge in [-0.2, -0.15) is 0 Å². The Hall–Kier alpha value is -1.25. The largest absolute Gasteiger partial charge is 0.396 e. The van der Waals surface area contributed by atoms with Gasteiger partial charge in [-0.15, -0.1) is 0 Å². The van der Waals surface area contributed by atoms with Gasteiger partial charge in [-0.05, 0) is 44.7 Å². The van der Waals surface area contributed by atoms with Crippen molar-refractivity contribution in [2.24, 2.45) is 0 Å². The Morgan fingerprint density at radius 3 is 2.88 bits per heavy atom. The number of rotatable bonds is 2. The highest BCUT2D eigenvalue weighted by Gasteiger charge is 2.31. The highest BCUT2D eigenvalue weighted by molar-refractivity contribution is 5.64. The summed E-state index contributed by atoms with van der Waals surface area (Å²) < 4.78 is 0. The van der Waals surface area contributed by atoms with Crippen LogP contribution in [-0.2, 0) is 0 Å². The fraction of sp³-hybridized carbons (Fsp3) is 0.615. The van der Waals surface area contributed by atoms with E-state index in [1.807, 2.05) is 19.2 Å². The van der Waals surface area contributed by atoms with Crippen LogP contribution in [-0.4, -0.2) is 17.1 Å². The van der Waals surface area contributed by atoms with E-state index >= 15 is 0 Å². The molecule has 0 spiro atoms. The van der Waals surface area contributed by atoms with Gasteiger partial charge in [0.15, 0.2) is 5.82 Å². The molecular weight excluding hydrogens is 198 g/mol. The predicted molar refractivity (Wildman–Crippen MR) is 68.6 cm³/mol. The van der Waals surface area contributed by atoms with Crippen molar-refractivity contribution in [1.82, 2.24) is 4.98 Å². The zero-order valence-corrected chi connectivity index (χ0v) is 10.4. The molecule has 2 heterocycles. The molecule has 2 N–H and O–H groups in total. The van der Waals surface area contributed by atoms with Crippen molar-refractivity contribution in [1.29, 1.82) is 0 Å². The topological polar surface area (TPSA) is 42.2 Å². The summed E-state index contributed by atoms with van der Waals surface area (Å²) in [6, 6.07) is 3.18. The van der Waals surface area contributed by atoms with Crippen molar-refractivity contribution in [2.45, 2.75) is 52.1 Å². The van der Waals surface area contributed by atoms with E-state index in [0.717, 1.165) is 17.1 Å². The van der Waals surface area contributed by atoms with E-state index in [9.17, 15) is 0 Å². The van der Waals surface area contributed by atoms with Crippen molar-refractivity contribution in [3.8, 4) is 0 Å². The Balaban J connectivity index is 2.34. The minimum absolute atomic E-state index is 0.558. The quantitative estimate of drug-likeness (QED) is 0.831. The lowest BCUT2D eigenvalue weighted by Crippen LogP contribution is -2.35. The SMILES string of the molecule is CCC1CCC(C)N1c1ncc(C)cc1N. The highest BCUT2D eigenvalue weighted by atomic mass is 15.3. The molecule has 1 saturated heterocycles. The van der Waals surface area contributed by atoms with Crippen molar-refractivity contribution in [3.63, 3.8) is 0 Å². The van der Waals surface area contributed by atoms with Crippen molar-refractivity contribution >= 4 is 11.5 Å². The minimum Gasteiger partial charge on any atom is -0.396 e. The molecule has 0 aromatic carbocycles. The van der Waals surface area contributed by atoms with E-state index in [1.54, 1.807) is 0 Å². The zero-order chi connectivity index (χ0) is 11.7. The monoisotopic (exact) mass is 219 g/mol. The molecular formula is C13H21N3.